The van der Waals surface area contributed by atoms with Crippen LogP contribution < -0.4 is 11.1 Å². The van der Waals surface area contributed by atoms with Gasteiger partial charge in [-0.05, 0) is 74.4 Å². The first-order valence-electron chi connectivity index (χ1n) is 12.4. The van der Waals surface area contributed by atoms with Gasteiger partial charge in [0.25, 0.3) is 5.91 Å². The van der Waals surface area contributed by atoms with Crippen LogP contribution in [0.2, 0.25) is 0 Å². The predicted molar refractivity (Wildman–Crippen MR) is 138 cm³/mol. The number of thiazole rings is 1. The Labute approximate surface area is 205 Å². The van der Waals surface area contributed by atoms with Crippen LogP contribution in [0.25, 0.3) is 10.8 Å². The number of anilines is 1. The number of nitrogen functional groups attached to an aromatic ring is 1. The molecule has 1 amide bonds. The summed E-state index contributed by atoms with van der Waals surface area (Å²) in [5, 5.41) is 17.1. The number of carbonyl (C=O) groups excluding carboxylic acids is 1. The van der Waals surface area contributed by atoms with Gasteiger partial charge in [-0.3, -0.25) is 9.69 Å². The second kappa shape index (κ2) is 9.64. The molecule has 2 aromatic carbocycles. The third kappa shape index (κ3) is 4.97. The summed E-state index contributed by atoms with van der Waals surface area (Å²) in [6, 6.07) is 14.4. The number of benzene rings is 2. The number of amides is 1. The minimum atomic E-state index is -0.692. The first-order chi connectivity index (χ1) is 16.4. The molecule has 0 radical (unpaired) electrons. The highest BCUT2D eigenvalue weighted by atomic mass is 32.1. The molecule has 3 aromatic rings. The minimum Gasteiger partial charge on any atom is -0.390 e. The SMILES string of the molecule is CCCN(CCC1(O)CC(NC(=O)c2ccc3ccccc3c2)C1)C1CCc2nc(N)sc2C1. The third-order valence-electron chi connectivity index (χ3n) is 7.42. The molecule has 1 heterocycles. The molecular formula is C27H34N4O2S. The lowest BCUT2D eigenvalue weighted by Crippen LogP contribution is -2.56. The van der Waals surface area contributed by atoms with Gasteiger partial charge in [-0.15, -0.1) is 11.3 Å². The number of fused-ring (bicyclic) bond motifs is 2. The summed E-state index contributed by atoms with van der Waals surface area (Å²) >= 11 is 1.62. The zero-order chi connectivity index (χ0) is 23.7. The van der Waals surface area contributed by atoms with E-state index in [1.54, 1.807) is 11.3 Å². The highest BCUT2D eigenvalue weighted by Crippen LogP contribution is 2.37. The largest absolute Gasteiger partial charge is 0.390 e. The monoisotopic (exact) mass is 478 g/mol. The van der Waals surface area contributed by atoms with E-state index in [9.17, 15) is 9.90 Å². The third-order valence-corrected chi connectivity index (χ3v) is 8.37. The number of aromatic nitrogens is 1. The Bertz CT molecular complexity index is 1170. The molecule has 0 bridgehead atoms. The lowest BCUT2D eigenvalue weighted by Gasteiger charge is -2.45. The lowest BCUT2D eigenvalue weighted by molar-refractivity contribution is -0.0671. The van der Waals surface area contributed by atoms with E-state index >= 15 is 0 Å². The van der Waals surface area contributed by atoms with Crippen LogP contribution in [0.5, 0.6) is 0 Å². The van der Waals surface area contributed by atoms with Crippen molar-refractivity contribution in [2.75, 3.05) is 18.8 Å². The van der Waals surface area contributed by atoms with Crippen LogP contribution in [0.1, 0.15) is 60.0 Å². The summed E-state index contributed by atoms with van der Waals surface area (Å²) in [5.74, 6) is -0.0627. The highest BCUT2D eigenvalue weighted by Gasteiger charge is 2.43. The molecule has 0 spiro atoms. The quantitative estimate of drug-likeness (QED) is 0.452. The van der Waals surface area contributed by atoms with Crippen molar-refractivity contribution in [1.82, 2.24) is 15.2 Å². The second-order valence-electron chi connectivity index (χ2n) is 9.97. The van der Waals surface area contributed by atoms with Crippen LogP contribution in [-0.2, 0) is 12.8 Å². The van der Waals surface area contributed by atoms with Gasteiger partial charge in [0.1, 0.15) is 0 Å². The number of nitrogens with zero attached hydrogens (tertiary/aromatic N) is 2. The molecule has 1 fully saturated rings. The molecule has 1 saturated carbocycles. The number of aliphatic hydroxyl groups is 1. The molecule has 1 aromatic heterocycles. The van der Waals surface area contributed by atoms with Crippen molar-refractivity contribution in [2.45, 2.75) is 69.6 Å². The van der Waals surface area contributed by atoms with Crippen LogP contribution in [-0.4, -0.2) is 51.7 Å². The molecule has 5 rings (SSSR count). The van der Waals surface area contributed by atoms with E-state index in [2.05, 4.69) is 22.1 Å². The first kappa shape index (κ1) is 23.3. The lowest BCUT2D eigenvalue weighted by atomic mass is 9.73. The Hall–Kier alpha value is -2.48. The van der Waals surface area contributed by atoms with Gasteiger partial charge in [0.05, 0.1) is 11.3 Å². The van der Waals surface area contributed by atoms with Gasteiger partial charge in [-0.25, -0.2) is 4.98 Å². The van der Waals surface area contributed by atoms with E-state index in [4.69, 9.17) is 5.73 Å². The molecule has 2 aliphatic carbocycles. The van der Waals surface area contributed by atoms with Gasteiger partial charge in [0.2, 0.25) is 0 Å². The normalized spacial score (nSPS) is 24.1. The Morgan fingerprint density at radius 3 is 2.82 bits per heavy atom. The summed E-state index contributed by atoms with van der Waals surface area (Å²) in [7, 11) is 0. The second-order valence-corrected chi connectivity index (χ2v) is 11.1. The van der Waals surface area contributed by atoms with E-state index in [0.717, 1.165) is 56.0 Å². The van der Waals surface area contributed by atoms with E-state index in [1.165, 1.54) is 10.6 Å². The molecule has 2 aliphatic rings. The number of nitrogens with two attached hydrogens (primary N) is 1. The Balaban J connectivity index is 1.13. The van der Waals surface area contributed by atoms with Crippen molar-refractivity contribution in [3.05, 3.63) is 58.6 Å². The van der Waals surface area contributed by atoms with Crippen LogP contribution in [0.3, 0.4) is 0 Å². The zero-order valence-electron chi connectivity index (χ0n) is 19.8. The summed E-state index contributed by atoms with van der Waals surface area (Å²) in [4.78, 5) is 21.1. The molecule has 7 heteroatoms. The molecule has 0 aliphatic heterocycles. The van der Waals surface area contributed by atoms with Crippen LogP contribution >= 0.6 is 11.3 Å². The standard InChI is InChI=1S/C27H34N4O2S/c1-2-12-31(22-9-10-23-24(15-22)34-26(28)30-23)13-11-27(33)16-21(17-27)29-25(32)20-8-7-18-5-3-4-6-19(18)14-20/h3-8,14,21-22,33H,2,9-13,15-17H2,1H3,(H2,28,30)(H,29,32). The summed E-state index contributed by atoms with van der Waals surface area (Å²) in [5.41, 5.74) is 7.08. The number of carbonyl (C=O) groups is 1. The van der Waals surface area contributed by atoms with Crippen LogP contribution in [0.4, 0.5) is 5.13 Å². The fourth-order valence-electron chi connectivity index (χ4n) is 5.57. The maximum atomic E-state index is 12.7. The molecular weight excluding hydrogens is 444 g/mol. The van der Waals surface area contributed by atoms with Gasteiger partial charge in [0.15, 0.2) is 5.13 Å². The van der Waals surface area contributed by atoms with Crippen molar-refractivity contribution >= 4 is 33.1 Å². The number of nitrogens with one attached hydrogen (secondary N) is 1. The average molecular weight is 479 g/mol. The van der Waals surface area contributed by atoms with E-state index < -0.39 is 5.60 Å². The number of hydrogen-bond acceptors (Lipinski definition) is 6. The maximum absolute atomic E-state index is 12.7. The molecule has 34 heavy (non-hydrogen) atoms. The topological polar surface area (TPSA) is 91.5 Å². The summed E-state index contributed by atoms with van der Waals surface area (Å²) in [6.07, 6.45) is 6.16. The first-order valence-corrected chi connectivity index (χ1v) is 13.2. The summed E-state index contributed by atoms with van der Waals surface area (Å²) < 4.78 is 0. The molecule has 180 valence electrons. The van der Waals surface area contributed by atoms with Crippen LogP contribution in [0.15, 0.2) is 42.5 Å². The van der Waals surface area contributed by atoms with Crippen molar-refractivity contribution < 1.29 is 9.90 Å². The Morgan fingerprint density at radius 2 is 2.03 bits per heavy atom. The maximum Gasteiger partial charge on any atom is 0.251 e. The number of rotatable bonds is 8. The van der Waals surface area contributed by atoms with E-state index in [-0.39, 0.29) is 11.9 Å². The fourth-order valence-corrected chi connectivity index (χ4v) is 6.52. The molecule has 1 unspecified atom stereocenters. The molecule has 6 nitrogen and oxygen atoms in total. The predicted octanol–water partition coefficient (Wildman–Crippen LogP) is 4.16. The molecule has 1 atom stereocenters. The van der Waals surface area contributed by atoms with Gasteiger partial charge in [0, 0.05) is 29.1 Å². The average Bonchev–Trinajstić information content (AvgIpc) is 3.19. The van der Waals surface area contributed by atoms with Crippen molar-refractivity contribution in [1.29, 1.82) is 0 Å². The smallest absolute Gasteiger partial charge is 0.251 e. The van der Waals surface area contributed by atoms with Crippen molar-refractivity contribution in [2.24, 2.45) is 0 Å². The fraction of sp³-hybridized carbons (Fsp3) is 0.481. The number of hydrogen-bond donors (Lipinski definition) is 3. The summed E-state index contributed by atoms with van der Waals surface area (Å²) in [6.45, 7) is 4.12. The van der Waals surface area contributed by atoms with E-state index in [0.29, 0.717) is 29.6 Å². The Morgan fingerprint density at radius 1 is 1.24 bits per heavy atom. The zero-order valence-corrected chi connectivity index (χ0v) is 20.6. The van der Waals surface area contributed by atoms with Gasteiger partial charge in [-0.2, -0.15) is 0 Å². The highest BCUT2D eigenvalue weighted by molar-refractivity contribution is 7.15. The van der Waals surface area contributed by atoms with Crippen molar-refractivity contribution in [3.63, 3.8) is 0 Å². The Kier molecular flexibility index (Phi) is 6.60. The van der Waals surface area contributed by atoms with Gasteiger partial charge in [-0.1, -0.05) is 37.3 Å². The van der Waals surface area contributed by atoms with Crippen molar-refractivity contribution in [3.8, 4) is 0 Å². The van der Waals surface area contributed by atoms with E-state index in [1.807, 2.05) is 42.5 Å². The van der Waals surface area contributed by atoms with Gasteiger partial charge < -0.3 is 16.2 Å². The minimum absolute atomic E-state index is 0.0287. The van der Waals surface area contributed by atoms with Gasteiger partial charge >= 0.3 is 0 Å². The van der Waals surface area contributed by atoms with Crippen LogP contribution in [0, 0.1) is 0 Å². The molecule has 4 N–H and O–H groups in total. The molecule has 0 saturated heterocycles. The number of aryl methyl sites for hydroxylation is 1.